The first kappa shape index (κ1) is 21.9. The van der Waals surface area contributed by atoms with Gasteiger partial charge in [-0.3, -0.25) is 5.32 Å². The Balaban J connectivity index is 1.76. The Morgan fingerprint density at radius 3 is 2.68 bits per heavy atom. The van der Waals surface area contributed by atoms with E-state index in [-0.39, 0.29) is 12.4 Å². The summed E-state index contributed by atoms with van der Waals surface area (Å²) < 4.78 is 25.1. The average Bonchev–Trinajstić information content (AvgIpc) is 3.29. The standard InChI is InChI=1S/C20H28N4O7/c1-17(2,3)30-16(27)23-14-12-6-7-13(24(12)22-11-21-14)20-10-28-19(8-25,9-26)15(20)29-18(4,5)31-20/h6-7,11,15,25-26H,8-10H2,1-5H3,(H,21,22,23,27)/t15-,20+/m1/s1. The average molecular weight is 436 g/mol. The summed E-state index contributed by atoms with van der Waals surface area (Å²) in [5.41, 5.74) is -2.04. The topological polar surface area (TPSA) is 137 Å². The van der Waals surface area contributed by atoms with Gasteiger partial charge in [-0.05, 0) is 46.8 Å². The molecule has 1 amide bonds. The Labute approximate surface area is 179 Å². The lowest BCUT2D eigenvalue weighted by atomic mass is 9.86. The Morgan fingerprint density at radius 2 is 2.03 bits per heavy atom. The Morgan fingerprint density at radius 1 is 1.32 bits per heavy atom. The van der Waals surface area contributed by atoms with Gasteiger partial charge in [-0.15, -0.1) is 0 Å². The summed E-state index contributed by atoms with van der Waals surface area (Å²) in [6.07, 6.45) is -0.130. The van der Waals surface area contributed by atoms with E-state index in [0.717, 1.165) is 0 Å². The number of carbonyl (C=O) groups is 1. The van der Waals surface area contributed by atoms with Gasteiger partial charge in [0.1, 0.15) is 29.2 Å². The zero-order chi connectivity index (χ0) is 22.7. The minimum Gasteiger partial charge on any atom is -0.444 e. The second-order valence-corrected chi connectivity index (χ2v) is 9.31. The molecule has 170 valence electrons. The first-order chi connectivity index (χ1) is 14.5. The molecular weight excluding hydrogens is 408 g/mol. The zero-order valence-electron chi connectivity index (χ0n) is 18.2. The van der Waals surface area contributed by atoms with Crippen LogP contribution in [0.5, 0.6) is 0 Å². The minimum absolute atomic E-state index is 0.0349. The lowest BCUT2D eigenvalue weighted by Gasteiger charge is -2.31. The molecule has 2 aliphatic rings. The maximum atomic E-state index is 12.2. The van der Waals surface area contributed by atoms with E-state index in [1.54, 1.807) is 51.3 Å². The molecule has 4 heterocycles. The van der Waals surface area contributed by atoms with Crippen LogP contribution < -0.4 is 5.32 Å². The van der Waals surface area contributed by atoms with Gasteiger partial charge in [-0.25, -0.2) is 14.3 Å². The summed E-state index contributed by atoms with van der Waals surface area (Å²) in [6.45, 7) is 7.96. The van der Waals surface area contributed by atoms with Crippen molar-refractivity contribution in [2.45, 2.75) is 63.3 Å². The van der Waals surface area contributed by atoms with Gasteiger partial charge in [0.25, 0.3) is 0 Å². The molecule has 0 aliphatic carbocycles. The van der Waals surface area contributed by atoms with Crippen molar-refractivity contribution in [3.05, 3.63) is 24.2 Å². The van der Waals surface area contributed by atoms with Crippen LogP contribution in [0.2, 0.25) is 0 Å². The lowest BCUT2D eigenvalue weighted by Crippen LogP contribution is -2.52. The SMILES string of the molecule is CC(C)(C)OC(=O)Nc1ncnn2c([C@@]34COC(CO)(CO)[C@H]3OC(C)(C)O4)ccc12. The molecule has 2 saturated heterocycles. The second-order valence-electron chi connectivity index (χ2n) is 9.31. The van der Waals surface area contributed by atoms with E-state index in [1.165, 1.54) is 6.33 Å². The molecule has 31 heavy (non-hydrogen) atoms. The maximum Gasteiger partial charge on any atom is 0.413 e. The quantitative estimate of drug-likeness (QED) is 0.645. The van der Waals surface area contributed by atoms with Gasteiger partial charge in [0.05, 0.1) is 25.5 Å². The van der Waals surface area contributed by atoms with Gasteiger partial charge in [0.2, 0.25) is 0 Å². The summed E-state index contributed by atoms with van der Waals surface area (Å²) >= 11 is 0. The highest BCUT2D eigenvalue weighted by Gasteiger charge is 2.68. The Hall–Kier alpha value is -2.31. The number of aliphatic hydroxyl groups is 2. The Kier molecular flexibility index (Phi) is 5.02. The lowest BCUT2D eigenvalue weighted by molar-refractivity contribution is -0.217. The third-order valence-corrected chi connectivity index (χ3v) is 5.35. The molecule has 2 atom stereocenters. The number of amides is 1. The zero-order valence-corrected chi connectivity index (χ0v) is 18.2. The van der Waals surface area contributed by atoms with Gasteiger partial charge in [-0.2, -0.15) is 5.10 Å². The van der Waals surface area contributed by atoms with Gasteiger partial charge in [-0.1, -0.05) is 0 Å². The van der Waals surface area contributed by atoms with Crippen LogP contribution in [0, 0.1) is 0 Å². The number of anilines is 1. The van der Waals surface area contributed by atoms with Crippen molar-refractivity contribution in [1.29, 1.82) is 0 Å². The molecule has 2 aromatic rings. The largest absolute Gasteiger partial charge is 0.444 e. The molecule has 11 heteroatoms. The third kappa shape index (κ3) is 3.56. The molecule has 2 fully saturated rings. The van der Waals surface area contributed by atoms with E-state index in [1.807, 2.05) is 0 Å². The second kappa shape index (κ2) is 7.10. The first-order valence-electron chi connectivity index (χ1n) is 10.0. The molecule has 0 aromatic carbocycles. The molecule has 4 rings (SSSR count). The molecule has 0 bridgehead atoms. The highest BCUT2D eigenvalue weighted by atomic mass is 16.8. The van der Waals surface area contributed by atoms with Crippen LogP contribution in [0.25, 0.3) is 5.52 Å². The van der Waals surface area contributed by atoms with Crippen LogP contribution in [-0.2, 0) is 24.5 Å². The Bertz CT molecular complexity index is 995. The van der Waals surface area contributed by atoms with Crippen molar-refractivity contribution in [2.24, 2.45) is 0 Å². The van der Waals surface area contributed by atoms with Crippen LogP contribution >= 0.6 is 0 Å². The number of fused-ring (bicyclic) bond motifs is 2. The third-order valence-electron chi connectivity index (χ3n) is 5.35. The fraction of sp³-hybridized carbons (Fsp3) is 0.650. The molecule has 2 aliphatic heterocycles. The van der Waals surface area contributed by atoms with Crippen molar-refractivity contribution in [1.82, 2.24) is 14.6 Å². The predicted octanol–water partition coefficient (Wildman–Crippen LogP) is 1.18. The van der Waals surface area contributed by atoms with E-state index in [0.29, 0.717) is 11.2 Å². The van der Waals surface area contributed by atoms with E-state index in [9.17, 15) is 15.0 Å². The molecule has 0 saturated carbocycles. The van der Waals surface area contributed by atoms with E-state index in [4.69, 9.17) is 18.9 Å². The fourth-order valence-electron chi connectivity index (χ4n) is 4.18. The number of aromatic nitrogens is 3. The summed E-state index contributed by atoms with van der Waals surface area (Å²) in [7, 11) is 0. The van der Waals surface area contributed by atoms with Gasteiger partial charge < -0.3 is 29.2 Å². The number of rotatable bonds is 4. The van der Waals surface area contributed by atoms with Crippen LogP contribution in [-0.4, -0.2) is 73.8 Å². The van der Waals surface area contributed by atoms with Gasteiger partial charge in [0.15, 0.2) is 17.2 Å². The number of nitrogens with zero attached hydrogens (tertiary/aromatic N) is 3. The van der Waals surface area contributed by atoms with E-state index in [2.05, 4.69) is 15.4 Å². The van der Waals surface area contributed by atoms with Crippen molar-refractivity contribution in [3.63, 3.8) is 0 Å². The smallest absolute Gasteiger partial charge is 0.413 e. The molecule has 0 radical (unpaired) electrons. The van der Waals surface area contributed by atoms with Crippen LogP contribution in [0.15, 0.2) is 18.5 Å². The number of carbonyl (C=O) groups excluding carboxylic acids is 1. The van der Waals surface area contributed by atoms with Gasteiger partial charge in [0, 0.05) is 0 Å². The normalized spacial score (nSPS) is 26.7. The molecule has 11 nitrogen and oxygen atoms in total. The number of aliphatic hydroxyl groups excluding tert-OH is 2. The molecular formula is C20H28N4O7. The van der Waals surface area contributed by atoms with E-state index < -0.39 is 48.0 Å². The van der Waals surface area contributed by atoms with Crippen molar-refractivity contribution in [2.75, 3.05) is 25.1 Å². The van der Waals surface area contributed by atoms with Crippen LogP contribution in [0.4, 0.5) is 10.6 Å². The monoisotopic (exact) mass is 436 g/mol. The molecule has 3 N–H and O–H groups in total. The summed E-state index contributed by atoms with van der Waals surface area (Å²) in [5, 5.41) is 26.9. The molecule has 0 spiro atoms. The van der Waals surface area contributed by atoms with Crippen molar-refractivity contribution < 1.29 is 34.0 Å². The number of ether oxygens (including phenoxy) is 4. The fourth-order valence-corrected chi connectivity index (χ4v) is 4.18. The summed E-state index contributed by atoms with van der Waals surface area (Å²) in [5.74, 6) is -0.727. The van der Waals surface area contributed by atoms with Crippen LogP contribution in [0.3, 0.4) is 0 Å². The van der Waals surface area contributed by atoms with Crippen molar-refractivity contribution in [3.8, 4) is 0 Å². The minimum atomic E-state index is -1.33. The van der Waals surface area contributed by atoms with Gasteiger partial charge >= 0.3 is 6.09 Å². The van der Waals surface area contributed by atoms with E-state index >= 15 is 0 Å². The predicted molar refractivity (Wildman–Crippen MR) is 107 cm³/mol. The maximum absolute atomic E-state index is 12.2. The molecule has 2 aromatic heterocycles. The highest BCUT2D eigenvalue weighted by Crippen LogP contribution is 2.53. The summed E-state index contributed by atoms with van der Waals surface area (Å²) in [6, 6.07) is 3.51. The van der Waals surface area contributed by atoms with Crippen molar-refractivity contribution >= 4 is 17.4 Å². The first-order valence-corrected chi connectivity index (χ1v) is 10.0. The number of nitrogens with one attached hydrogen (secondary N) is 1. The molecule has 0 unspecified atom stereocenters. The van der Waals surface area contributed by atoms with Crippen LogP contribution in [0.1, 0.15) is 40.3 Å². The number of hydrogen-bond donors (Lipinski definition) is 3. The number of hydrogen-bond acceptors (Lipinski definition) is 9. The highest BCUT2D eigenvalue weighted by molar-refractivity contribution is 5.89. The summed E-state index contributed by atoms with van der Waals surface area (Å²) in [4.78, 5) is 16.4.